The molecule has 1 fully saturated rings. The standard InChI is InChI=1S/C13H18BrFN2/c14-10-6-12(16)13(7-11(10)15)17-8-9-4-2-1-3-5-9/h6-7,9,17H,1-5,8,16H2. The Morgan fingerprint density at radius 3 is 2.71 bits per heavy atom. The number of hydrogen-bond donors (Lipinski definition) is 2. The molecule has 17 heavy (non-hydrogen) atoms. The van der Waals surface area contributed by atoms with Gasteiger partial charge in [0.05, 0.1) is 15.8 Å². The average molecular weight is 301 g/mol. The molecule has 1 aromatic carbocycles. The van der Waals surface area contributed by atoms with Crippen molar-refractivity contribution in [1.82, 2.24) is 0 Å². The molecule has 0 saturated heterocycles. The number of hydrogen-bond acceptors (Lipinski definition) is 2. The van der Waals surface area contributed by atoms with Crippen LogP contribution in [0.5, 0.6) is 0 Å². The highest BCUT2D eigenvalue weighted by Crippen LogP contribution is 2.28. The Morgan fingerprint density at radius 1 is 1.29 bits per heavy atom. The zero-order chi connectivity index (χ0) is 12.3. The summed E-state index contributed by atoms with van der Waals surface area (Å²) in [6, 6.07) is 3.07. The first-order valence-electron chi connectivity index (χ1n) is 6.15. The molecule has 2 nitrogen and oxygen atoms in total. The summed E-state index contributed by atoms with van der Waals surface area (Å²) in [4.78, 5) is 0. The van der Waals surface area contributed by atoms with E-state index in [1.54, 1.807) is 6.07 Å². The molecule has 0 radical (unpaired) electrons. The van der Waals surface area contributed by atoms with Gasteiger partial charge in [0.2, 0.25) is 0 Å². The second-order valence-corrected chi connectivity index (χ2v) is 5.59. The van der Waals surface area contributed by atoms with E-state index in [2.05, 4.69) is 21.2 Å². The van der Waals surface area contributed by atoms with E-state index in [0.29, 0.717) is 21.8 Å². The second-order valence-electron chi connectivity index (χ2n) is 4.74. The zero-order valence-electron chi connectivity index (χ0n) is 9.81. The summed E-state index contributed by atoms with van der Waals surface area (Å²) in [6.07, 6.45) is 6.52. The van der Waals surface area contributed by atoms with Crippen LogP contribution in [0.25, 0.3) is 0 Å². The molecular formula is C13H18BrFN2. The maximum Gasteiger partial charge on any atom is 0.139 e. The minimum Gasteiger partial charge on any atom is -0.397 e. The van der Waals surface area contributed by atoms with Crippen molar-refractivity contribution in [2.45, 2.75) is 32.1 Å². The van der Waals surface area contributed by atoms with Gasteiger partial charge >= 0.3 is 0 Å². The van der Waals surface area contributed by atoms with Crippen LogP contribution in [0.2, 0.25) is 0 Å². The summed E-state index contributed by atoms with van der Waals surface area (Å²) in [5, 5.41) is 3.26. The van der Waals surface area contributed by atoms with Gasteiger partial charge in [0, 0.05) is 12.6 Å². The molecule has 3 N–H and O–H groups in total. The monoisotopic (exact) mass is 300 g/mol. The SMILES string of the molecule is Nc1cc(Br)c(F)cc1NCC1CCCCC1. The third-order valence-corrected chi connectivity index (χ3v) is 4.01. The fourth-order valence-electron chi connectivity index (χ4n) is 2.36. The molecule has 4 heteroatoms. The van der Waals surface area contributed by atoms with Crippen molar-refractivity contribution >= 4 is 27.3 Å². The summed E-state index contributed by atoms with van der Waals surface area (Å²) in [6.45, 7) is 0.894. The van der Waals surface area contributed by atoms with E-state index in [1.165, 1.54) is 38.2 Å². The molecule has 0 heterocycles. The highest BCUT2D eigenvalue weighted by Gasteiger charge is 2.14. The van der Waals surface area contributed by atoms with E-state index in [1.807, 2.05) is 0 Å². The Hall–Kier alpha value is -0.770. The van der Waals surface area contributed by atoms with E-state index in [-0.39, 0.29) is 5.82 Å². The van der Waals surface area contributed by atoms with Crippen molar-refractivity contribution in [3.8, 4) is 0 Å². The van der Waals surface area contributed by atoms with Crippen LogP contribution in [0.3, 0.4) is 0 Å². The van der Waals surface area contributed by atoms with Crippen LogP contribution < -0.4 is 11.1 Å². The Morgan fingerprint density at radius 2 is 2.00 bits per heavy atom. The van der Waals surface area contributed by atoms with Gasteiger partial charge in [-0.25, -0.2) is 4.39 Å². The molecule has 2 rings (SSSR count). The van der Waals surface area contributed by atoms with Crippen LogP contribution in [0.4, 0.5) is 15.8 Å². The molecule has 0 unspecified atom stereocenters. The quantitative estimate of drug-likeness (QED) is 0.823. The lowest BCUT2D eigenvalue weighted by atomic mass is 9.89. The highest BCUT2D eigenvalue weighted by molar-refractivity contribution is 9.10. The molecule has 0 aliphatic heterocycles. The molecule has 1 aliphatic rings. The van der Waals surface area contributed by atoms with Gasteiger partial charge in [0.25, 0.3) is 0 Å². The number of nitrogens with two attached hydrogens (primary N) is 1. The normalized spacial score (nSPS) is 17.1. The summed E-state index contributed by atoms with van der Waals surface area (Å²) in [7, 11) is 0. The fraction of sp³-hybridized carbons (Fsp3) is 0.538. The lowest BCUT2D eigenvalue weighted by Crippen LogP contribution is -2.17. The van der Waals surface area contributed by atoms with Crippen LogP contribution in [-0.4, -0.2) is 6.54 Å². The van der Waals surface area contributed by atoms with Gasteiger partial charge in [-0.15, -0.1) is 0 Å². The molecular weight excluding hydrogens is 283 g/mol. The topological polar surface area (TPSA) is 38.0 Å². The highest BCUT2D eigenvalue weighted by atomic mass is 79.9. The Balaban J connectivity index is 1.96. The van der Waals surface area contributed by atoms with Crippen LogP contribution in [0, 0.1) is 11.7 Å². The van der Waals surface area contributed by atoms with E-state index in [0.717, 1.165) is 6.54 Å². The van der Waals surface area contributed by atoms with Gasteiger partial charge in [-0.05, 0) is 40.8 Å². The van der Waals surface area contributed by atoms with Crippen molar-refractivity contribution in [3.63, 3.8) is 0 Å². The van der Waals surface area contributed by atoms with E-state index < -0.39 is 0 Å². The average Bonchev–Trinajstić information content (AvgIpc) is 2.33. The van der Waals surface area contributed by atoms with Crippen LogP contribution in [0.15, 0.2) is 16.6 Å². The Labute approximate surface area is 110 Å². The predicted molar refractivity (Wildman–Crippen MR) is 73.6 cm³/mol. The smallest absolute Gasteiger partial charge is 0.139 e. The van der Waals surface area contributed by atoms with Crippen molar-refractivity contribution < 1.29 is 4.39 Å². The number of rotatable bonds is 3. The summed E-state index contributed by atoms with van der Waals surface area (Å²) in [5.41, 5.74) is 7.14. The zero-order valence-corrected chi connectivity index (χ0v) is 11.4. The minimum atomic E-state index is -0.273. The maximum absolute atomic E-state index is 13.4. The van der Waals surface area contributed by atoms with Gasteiger partial charge in [-0.3, -0.25) is 0 Å². The lowest BCUT2D eigenvalue weighted by molar-refractivity contribution is 0.373. The lowest BCUT2D eigenvalue weighted by Gasteiger charge is -2.22. The van der Waals surface area contributed by atoms with Gasteiger partial charge in [-0.1, -0.05) is 19.3 Å². The van der Waals surface area contributed by atoms with E-state index >= 15 is 0 Å². The fourth-order valence-corrected chi connectivity index (χ4v) is 2.72. The summed E-state index contributed by atoms with van der Waals surface area (Å²) >= 11 is 3.13. The minimum absolute atomic E-state index is 0.273. The molecule has 0 bridgehead atoms. The molecule has 1 saturated carbocycles. The number of benzene rings is 1. The van der Waals surface area contributed by atoms with Gasteiger partial charge in [0.15, 0.2) is 0 Å². The molecule has 0 atom stereocenters. The number of nitrogen functional groups attached to an aromatic ring is 1. The van der Waals surface area contributed by atoms with E-state index in [9.17, 15) is 4.39 Å². The molecule has 1 aliphatic carbocycles. The molecule has 0 spiro atoms. The van der Waals surface area contributed by atoms with Crippen molar-refractivity contribution in [2.75, 3.05) is 17.6 Å². The number of anilines is 2. The predicted octanol–water partition coefficient (Wildman–Crippen LogP) is 4.16. The second kappa shape index (κ2) is 5.71. The van der Waals surface area contributed by atoms with Crippen LogP contribution >= 0.6 is 15.9 Å². The first-order valence-corrected chi connectivity index (χ1v) is 6.94. The van der Waals surface area contributed by atoms with Gasteiger partial charge < -0.3 is 11.1 Å². The number of halogens is 2. The first kappa shape index (κ1) is 12.7. The van der Waals surface area contributed by atoms with Crippen molar-refractivity contribution in [1.29, 1.82) is 0 Å². The Bertz CT molecular complexity index is 389. The van der Waals surface area contributed by atoms with E-state index in [4.69, 9.17) is 5.73 Å². The van der Waals surface area contributed by atoms with Gasteiger partial charge in [-0.2, -0.15) is 0 Å². The molecule has 0 aromatic heterocycles. The largest absolute Gasteiger partial charge is 0.397 e. The molecule has 1 aromatic rings. The third kappa shape index (κ3) is 3.35. The first-order chi connectivity index (χ1) is 8.16. The van der Waals surface area contributed by atoms with Crippen molar-refractivity contribution in [3.05, 3.63) is 22.4 Å². The third-order valence-electron chi connectivity index (χ3n) is 3.40. The molecule has 94 valence electrons. The summed E-state index contributed by atoms with van der Waals surface area (Å²) < 4.78 is 13.8. The van der Waals surface area contributed by atoms with Gasteiger partial charge in [0.1, 0.15) is 5.82 Å². The van der Waals surface area contributed by atoms with Crippen LogP contribution in [0.1, 0.15) is 32.1 Å². The van der Waals surface area contributed by atoms with Crippen LogP contribution in [-0.2, 0) is 0 Å². The molecule has 0 amide bonds. The Kier molecular flexibility index (Phi) is 4.26. The van der Waals surface area contributed by atoms with Crippen molar-refractivity contribution in [2.24, 2.45) is 5.92 Å². The maximum atomic E-state index is 13.4. The number of nitrogens with one attached hydrogen (secondary N) is 1. The summed E-state index contributed by atoms with van der Waals surface area (Å²) in [5.74, 6) is 0.431.